The minimum atomic E-state index is -0.468. The van der Waals surface area contributed by atoms with E-state index in [1.807, 2.05) is 31.2 Å². The molecule has 1 atom stereocenters. The number of nitrogens with one attached hydrogen (secondary N) is 1. The first-order chi connectivity index (χ1) is 13.0. The summed E-state index contributed by atoms with van der Waals surface area (Å²) >= 11 is 0. The molecule has 0 aliphatic heterocycles. The molecule has 0 fully saturated rings. The normalized spacial score (nSPS) is 12.0. The fourth-order valence-corrected chi connectivity index (χ4v) is 3.56. The summed E-state index contributed by atoms with van der Waals surface area (Å²) in [6.45, 7) is 1.68. The first kappa shape index (κ1) is 18.6. The van der Waals surface area contributed by atoms with Crippen LogP contribution < -0.4 is 14.2 Å². The number of rotatable bonds is 7. The van der Waals surface area contributed by atoms with Crippen molar-refractivity contribution in [3.05, 3.63) is 63.3 Å². The van der Waals surface area contributed by atoms with Gasteiger partial charge in [-0.2, -0.15) is 0 Å². The fraction of sp³-hybridized carbons (Fsp3) is 0.300. The van der Waals surface area contributed by atoms with Gasteiger partial charge in [0.05, 0.1) is 27.2 Å². The number of nitro groups is 1. The van der Waals surface area contributed by atoms with Gasteiger partial charge in [0, 0.05) is 21.5 Å². The highest BCUT2D eigenvalue weighted by molar-refractivity contribution is 5.85. The van der Waals surface area contributed by atoms with E-state index < -0.39 is 5.92 Å². The lowest BCUT2D eigenvalue weighted by atomic mass is 9.88. The van der Waals surface area contributed by atoms with Gasteiger partial charge < -0.3 is 19.2 Å². The van der Waals surface area contributed by atoms with Crippen LogP contribution in [0.15, 0.2) is 36.4 Å². The summed E-state index contributed by atoms with van der Waals surface area (Å²) in [7, 11) is 4.58. The lowest BCUT2D eigenvalue weighted by Gasteiger charge is -2.19. The average molecular weight is 370 g/mol. The zero-order valence-electron chi connectivity index (χ0n) is 15.7. The molecule has 0 bridgehead atoms. The summed E-state index contributed by atoms with van der Waals surface area (Å²) in [5.74, 6) is 0.930. The van der Waals surface area contributed by atoms with Gasteiger partial charge in [-0.05, 0) is 36.2 Å². The van der Waals surface area contributed by atoms with Gasteiger partial charge in [-0.15, -0.1) is 0 Å². The third-order valence-corrected chi connectivity index (χ3v) is 4.71. The van der Waals surface area contributed by atoms with Gasteiger partial charge in [-0.25, -0.2) is 0 Å². The Balaban J connectivity index is 2.24. The molecule has 0 amide bonds. The Bertz CT molecular complexity index is 955. The number of methoxy groups -OCH3 is 3. The number of fused-ring (bicyclic) bond motifs is 1. The molecular weight excluding hydrogens is 348 g/mol. The molecule has 0 unspecified atom stereocenters. The summed E-state index contributed by atoms with van der Waals surface area (Å²) in [6, 6.07) is 11.3. The minimum absolute atomic E-state index is 0.249. The number of hydrogen-bond acceptors (Lipinski definition) is 5. The van der Waals surface area contributed by atoms with Crippen molar-refractivity contribution < 1.29 is 19.1 Å². The van der Waals surface area contributed by atoms with Crippen molar-refractivity contribution in [3.8, 4) is 17.2 Å². The van der Waals surface area contributed by atoms with E-state index in [2.05, 4.69) is 4.98 Å². The lowest BCUT2D eigenvalue weighted by Crippen LogP contribution is -2.15. The summed E-state index contributed by atoms with van der Waals surface area (Å²) in [5, 5.41) is 12.4. The Kier molecular flexibility index (Phi) is 5.21. The van der Waals surface area contributed by atoms with Crippen molar-refractivity contribution in [1.29, 1.82) is 0 Å². The molecule has 1 heterocycles. The van der Waals surface area contributed by atoms with Crippen LogP contribution in [0.4, 0.5) is 0 Å². The Labute approximate surface area is 157 Å². The number of aromatic amines is 1. The molecule has 0 spiro atoms. The zero-order chi connectivity index (χ0) is 19.6. The molecule has 0 saturated carbocycles. The molecular formula is C20H22N2O5. The lowest BCUT2D eigenvalue weighted by molar-refractivity contribution is -0.481. The fourth-order valence-electron chi connectivity index (χ4n) is 3.56. The predicted molar refractivity (Wildman–Crippen MR) is 103 cm³/mol. The van der Waals surface area contributed by atoms with E-state index in [1.54, 1.807) is 12.1 Å². The molecule has 0 aliphatic carbocycles. The summed E-state index contributed by atoms with van der Waals surface area (Å²) < 4.78 is 16.2. The first-order valence-corrected chi connectivity index (χ1v) is 8.49. The van der Waals surface area contributed by atoms with Gasteiger partial charge in [0.2, 0.25) is 12.3 Å². The molecule has 1 aromatic heterocycles. The van der Waals surface area contributed by atoms with E-state index in [0.29, 0.717) is 17.2 Å². The van der Waals surface area contributed by atoms with Crippen molar-refractivity contribution in [2.75, 3.05) is 27.9 Å². The van der Waals surface area contributed by atoms with Gasteiger partial charge in [0.1, 0.15) is 0 Å². The standard InChI is InChI=1S/C20H22N2O5/c1-12-19(14-7-5-6-8-16(14)21-12)15(11-22(23)24)13-9-17(25-2)20(27-4)18(10-13)26-3/h5-10,15,21H,11H2,1-4H3/t15-/m1/s1. The highest BCUT2D eigenvalue weighted by Gasteiger charge is 2.28. The van der Waals surface area contributed by atoms with Crippen molar-refractivity contribution >= 4 is 10.9 Å². The number of H-pyrrole nitrogens is 1. The number of aromatic nitrogens is 1. The van der Waals surface area contributed by atoms with Gasteiger partial charge >= 0.3 is 0 Å². The van der Waals surface area contributed by atoms with Crippen LogP contribution in [0, 0.1) is 17.0 Å². The molecule has 27 heavy (non-hydrogen) atoms. The van der Waals surface area contributed by atoms with Crippen LogP contribution in [0.1, 0.15) is 22.7 Å². The molecule has 0 aliphatic rings. The number of nitrogens with zero attached hydrogens (tertiary/aromatic N) is 1. The van der Waals surface area contributed by atoms with Crippen LogP contribution in [0.5, 0.6) is 17.2 Å². The van der Waals surface area contributed by atoms with Crippen LogP contribution >= 0.6 is 0 Å². The maximum Gasteiger partial charge on any atom is 0.214 e. The highest BCUT2D eigenvalue weighted by Crippen LogP contribution is 2.43. The molecule has 0 radical (unpaired) electrons. The van der Waals surface area contributed by atoms with E-state index in [0.717, 1.165) is 27.7 Å². The second kappa shape index (κ2) is 7.57. The number of benzene rings is 2. The van der Waals surface area contributed by atoms with Gasteiger partial charge in [-0.3, -0.25) is 10.1 Å². The molecule has 7 nitrogen and oxygen atoms in total. The Morgan fingerprint density at radius 2 is 1.70 bits per heavy atom. The number of para-hydroxylation sites is 1. The third kappa shape index (κ3) is 3.40. The highest BCUT2D eigenvalue weighted by atomic mass is 16.6. The molecule has 0 saturated heterocycles. The molecule has 2 aromatic carbocycles. The van der Waals surface area contributed by atoms with Crippen LogP contribution in [-0.2, 0) is 0 Å². The average Bonchev–Trinajstić information content (AvgIpc) is 3.00. The van der Waals surface area contributed by atoms with Crippen molar-refractivity contribution in [2.45, 2.75) is 12.8 Å². The maximum absolute atomic E-state index is 11.5. The Morgan fingerprint density at radius 3 is 2.26 bits per heavy atom. The molecule has 3 rings (SSSR count). The first-order valence-electron chi connectivity index (χ1n) is 8.49. The molecule has 3 aromatic rings. The Morgan fingerprint density at radius 1 is 1.07 bits per heavy atom. The zero-order valence-corrected chi connectivity index (χ0v) is 15.7. The number of ether oxygens (including phenoxy) is 3. The summed E-state index contributed by atoms with van der Waals surface area (Å²) in [6.07, 6.45) is 0. The number of aryl methyl sites for hydroxylation is 1. The SMILES string of the molecule is COc1cc([C@@H](C[N+](=O)[O-])c2c(C)[nH]c3ccccc23)cc(OC)c1OC. The maximum atomic E-state index is 11.5. The van der Waals surface area contributed by atoms with Crippen molar-refractivity contribution in [3.63, 3.8) is 0 Å². The smallest absolute Gasteiger partial charge is 0.214 e. The van der Waals surface area contributed by atoms with E-state index in [-0.39, 0.29) is 11.5 Å². The summed E-state index contributed by atoms with van der Waals surface area (Å²) in [5.41, 5.74) is 3.48. The van der Waals surface area contributed by atoms with E-state index in [4.69, 9.17) is 14.2 Å². The van der Waals surface area contributed by atoms with E-state index in [1.165, 1.54) is 21.3 Å². The van der Waals surface area contributed by atoms with E-state index >= 15 is 0 Å². The van der Waals surface area contributed by atoms with Crippen LogP contribution in [0.25, 0.3) is 10.9 Å². The van der Waals surface area contributed by atoms with Crippen molar-refractivity contribution in [1.82, 2.24) is 4.98 Å². The second-order valence-electron chi connectivity index (χ2n) is 6.24. The van der Waals surface area contributed by atoms with Gasteiger partial charge in [0.15, 0.2) is 11.5 Å². The largest absolute Gasteiger partial charge is 0.493 e. The minimum Gasteiger partial charge on any atom is -0.493 e. The second-order valence-corrected chi connectivity index (χ2v) is 6.24. The van der Waals surface area contributed by atoms with Gasteiger partial charge in [-0.1, -0.05) is 18.2 Å². The summed E-state index contributed by atoms with van der Waals surface area (Å²) in [4.78, 5) is 14.5. The molecule has 1 N–H and O–H groups in total. The predicted octanol–water partition coefficient (Wildman–Crippen LogP) is 3.91. The van der Waals surface area contributed by atoms with Crippen LogP contribution in [0.3, 0.4) is 0 Å². The van der Waals surface area contributed by atoms with Gasteiger partial charge in [0.25, 0.3) is 0 Å². The van der Waals surface area contributed by atoms with Crippen LogP contribution in [0.2, 0.25) is 0 Å². The quantitative estimate of drug-likeness (QED) is 0.503. The van der Waals surface area contributed by atoms with Crippen molar-refractivity contribution in [2.24, 2.45) is 0 Å². The monoisotopic (exact) mass is 370 g/mol. The Hall–Kier alpha value is -3.22. The molecule has 142 valence electrons. The molecule has 7 heteroatoms. The third-order valence-electron chi connectivity index (χ3n) is 4.71. The van der Waals surface area contributed by atoms with E-state index in [9.17, 15) is 10.1 Å². The topological polar surface area (TPSA) is 86.6 Å². The van der Waals surface area contributed by atoms with Crippen LogP contribution in [-0.4, -0.2) is 37.8 Å². The number of hydrogen-bond donors (Lipinski definition) is 1.